The summed E-state index contributed by atoms with van der Waals surface area (Å²) in [5, 5.41) is 3.05. The molecule has 0 spiro atoms. The number of ether oxygens (including phenoxy) is 3. The van der Waals surface area contributed by atoms with Gasteiger partial charge in [0.1, 0.15) is 11.5 Å². The molecular weight excluding hydrogens is 382 g/mol. The summed E-state index contributed by atoms with van der Waals surface area (Å²) < 4.78 is 15.8. The van der Waals surface area contributed by atoms with Gasteiger partial charge in [-0.15, -0.1) is 0 Å². The normalized spacial score (nSPS) is 30.0. The Balaban J connectivity index is 1.35. The van der Waals surface area contributed by atoms with E-state index in [4.69, 9.17) is 25.8 Å². The molecule has 1 aromatic carbocycles. The Morgan fingerprint density at radius 2 is 1.61 bits per heavy atom. The first kappa shape index (κ1) is 19.4. The number of carbonyl (C=O) groups excluding carboxylic acids is 2. The van der Waals surface area contributed by atoms with Gasteiger partial charge in [0.25, 0.3) is 5.91 Å². The van der Waals surface area contributed by atoms with Crippen molar-refractivity contribution in [1.29, 1.82) is 0 Å². The van der Waals surface area contributed by atoms with Crippen molar-refractivity contribution in [1.82, 2.24) is 0 Å². The van der Waals surface area contributed by atoms with Crippen LogP contribution in [0.3, 0.4) is 0 Å². The zero-order chi connectivity index (χ0) is 19.8. The molecule has 4 aliphatic rings. The number of hydrogen-bond donors (Lipinski definition) is 1. The van der Waals surface area contributed by atoms with Crippen LogP contribution in [0.5, 0.6) is 11.5 Å². The maximum absolute atomic E-state index is 12.7. The van der Waals surface area contributed by atoms with E-state index in [2.05, 4.69) is 5.32 Å². The molecule has 0 atom stereocenters. The van der Waals surface area contributed by atoms with Gasteiger partial charge >= 0.3 is 5.97 Å². The van der Waals surface area contributed by atoms with Gasteiger partial charge in [0.05, 0.1) is 30.8 Å². The Bertz CT molecular complexity index is 752. The fourth-order valence-electron chi connectivity index (χ4n) is 5.69. The van der Waals surface area contributed by atoms with E-state index in [0.717, 1.165) is 37.5 Å². The van der Waals surface area contributed by atoms with Crippen molar-refractivity contribution in [2.45, 2.75) is 32.1 Å². The minimum Gasteiger partial charge on any atom is -0.495 e. The van der Waals surface area contributed by atoms with Crippen LogP contribution < -0.4 is 14.8 Å². The van der Waals surface area contributed by atoms with E-state index in [1.807, 2.05) is 0 Å². The molecule has 5 rings (SSSR count). The largest absolute Gasteiger partial charge is 0.495 e. The highest BCUT2D eigenvalue weighted by atomic mass is 35.5. The number of esters is 1. The van der Waals surface area contributed by atoms with Crippen molar-refractivity contribution in [2.75, 3.05) is 26.1 Å². The first-order chi connectivity index (χ1) is 13.5. The predicted octanol–water partition coefficient (Wildman–Crippen LogP) is 3.91. The Labute approximate surface area is 169 Å². The molecule has 0 heterocycles. The maximum Gasteiger partial charge on any atom is 0.310 e. The topological polar surface area (TPSA) is 73.9 Å². The lowest BCUT2D eigenvalue weighted by atomic mass is 9.52. The molecule has 0 unspecified atom stereocenters. The van der Waals surface area contributed by atoms with Crippen LogP contribution in [0.25, 0.3) is 0 Å². The molecule has 4 aliphatic carbocycles. The number of anilines is 1. The average Bonchev–Trinajstić information content (AvgIpc) is 2.66. The monoisotopic (exact) mass is 407 g/mol. The van der Waals surface area contributed by atoms with E-state index < -0.39 is 5.91 Å². The quantitative estimate of drug-likeness (QED) is 0.723. The summed E-state index contributed by atoms with van der Waals surface area (Å²) in [6, 6.07) is 3.15. The molecular formula is C21H26ClNO5. The van der Waals surface area contributed by atoms with E-state index >= 15 is 0 Å². The summed E-state index contributed by atoms with van der Waals surface area (Å²) in [4.78, 5) is 25.0. The lowest BCUT2D eigenvalue weighted by Crippen LogP contribution is -2.48. The van der Waals surface area contributed by atoms with E-state index in [1.54, 1.807) is 12.1 Å². The van der Waals surface area contributed by atoms with Crippen LogP contribution in [0.15, 0.2) is 12.1 Å². The van der Waals surface area contributed by atoms with Gasteiger partial charge in [0.15, 0.2) is 6.61 Å². The van der Waals surface area contributed by atoms with Crippen molar-refractivity contribution < 1.29 is 23.8 Å². The van der Waals surface area contributed by atoms with Gasteiger partial charge in [-0.05, 0) is 61.8 Å². The minimum atomic E-state index is -0.420. The van der Waals surface area contributed by atoms with Gasteiger partial charge in [-0.1, -0.05) is 11.6 Å². The van der Waals surface area contributed by atoms with E-state index in [1.165, 1.54) is 20.6 Å². The highest BCUT2D eigenvalue weighted by Gasteiger charge is 2.51. The molecule has 1 N–H and O–H groups in total. The molecule has 0 saturated heterocycles. The smallest absolute Gasteiger partial charge is 0.310 e. The standard InChI is InChI=1S/C21H26ClNO5/c1-26-17-9-18(27-2)16(8-15(17)22)23-19(24)10-28-21(25)20-13-4-11-3-12(6-13)7-14(20)5-11/h8-9,11-14,20H,3-7,10H2,1-2H3,(H,23,24). The molecule has 152 valence electrons. The highest BCUT2D eigenvalue weighted by Crippen LogP contribution is 2.56. The van der Waals surface area contributed by atoms with Crippen molar-refractivity contribution in [3.05, 3.63) is 17.2 Å². The summed E-state index contributed by atoms with van der Waals surface area (Å²) in [7, 11) is 2.99. The number of halogens is 1. The third-order valence-corrected chi connectivity index (χ3v) is 6.89. The van der Waals surface area contributed by atoms with Gasteiger partial charge in [-0.2, -0.15) is 0 Å². The van der Waals surface area contributed by atoms with Crippen molar-refractivity contribution in [3.63, 3.8) is 0 Å². The fourth-order valence-corrected chi connectivity index (χ4v) is 5.93. The number of nitrogens with one attached hydrogen (secondary N) is 1. The van der Waals surface area contributed by atoms with Crippen molar-refractivity contribution in [3.8, 4) is 11.5 Å². The SMILES string of the molecule is COc1cc(OC)c(NC(=O)COC(=O)C2C3CC4CC(C3)CC2C4)cc1Cl. The number of amides is 1. The minimum absolute atomic E-state index is 0.0365. The second-order valence-electron chi connectivity index (χ2n) is 8.30. The zero-order valence-electron chi connectivity index (χ0n) is 16.2. The number of rotatable bonds is 6. The van der Waals surface area contributed by atoms with Crippen LogP contribution in [0, 0.1) is 29.6 Å². The molecule has 4 saturated carbocycles. The molecule has 6 nitrogen and oxygen atoms in total. The van der Waals surface area contributed by atoms with Gasteiger partial charge in [-0.3, -0.25) is 9.59 Å². The second-order valence-corrected chi connectivity index (χ2v) is 8.71. The van der Waals surface area contributed by atoms with E-state index in [0.29, 0.717) is 34.0 Å². The molecule has 0 aliphatic heterocycles. The number of methoxy groups -OCH3 is 2. The third kappa shape index (κ3) is 3.66. The molecule has 1 aromatic rings. The maximum atomic E-state index is 12.7. The molecule has 4 bridgehead atoms. The molecule has 0 aromatic heterocycles. The first-order valence-corrected chi connectivity index (χ1v) is 10.2. The lowest BCUT2D eigenvalue weighted by Gasteiger charge is -2.53. The molecule has 7 heteroatoms. The van der Waals surface area contributed by atoms with Crippen LogP contribution >= 0.6 is 11.6 Å². The van der Waals surface area contributed by atoms with E-state index in [-0.39, 0.29) is 18.5 Å². The van der Waals surface area contributed by atoms with Gasteiger partial charge in [0.2, 0.25) is 0 Å². The Kier molecular flexibility index (Phi) is 5.41. The summed E-state index contributed by atoms with van der Waals surface area (Å²) in [6.07, 6.45) is 5.89. The van der Waals surface area contributed by atoms with Gasteiger partial charge < -0.3 is 19.5 Å². The van der Waals surface area contributed by atoms with Crippen molar-refractivity contribution >= 4 is 29.2 Å². The summed E-state index contributed by atoms with van der Waals surface area (Å²) in [6.45, 7) is -0.311. The number of benzene rings is 1. The number of hydrogen-bond acceptors (Lipinski definition) is 5. The summed E-state index contributed by atoms with van der Waals surface area (Å²) >= 11 is 6.12. The fraction of sp³-hybridized carbons (Fsp3) is 0.619. The van der Waals surface area contributed by atoms with Crippen LogP contribution in [-0.2, 0) is 14.3 Å². The first-order valence-electron chi connectivity index (χ1n) is 9.86. The molecule has 0 radical (unpaired) electrons. The average molecular weight is 408 g/mol. The van der Waals surface area contributed by atoms with Gasteiger partial charge in [0, 0.05) is 6.07 Å². The second kappa shape index (κ2) is 7.82. The highest BCUT2D eigenvalue weighted by molar-refractivity contribution is 6.32. The number of carbonyl (C=O) groups is 2. The van der Waals surface area contributed by atoms with Crippen LogP contribution in [-0.4, -0.2) is 32.7 Å². The summed E-state index contributed by atoms with van der Waals surface area (Å²) in [5.41, 5.74) is 0.406. The summed E-state index contributed by atoms with van der Waals surface area (Å²) in [5.74, 6) is 2.65. The lowest BCUT2D eigenvalue weighted by molar-refractivity contribution is -0.164. The van der Waals surface area contributed by atoms with Crippen LogP contribution in [0.4, 0.5) is 5.69 Å². The van der Waals surface area contributed by atoms with Crippen LogP contribution in [0.1, 0.15) is 32.1 Å². The predicted molar refractivity (Wildman–Crippen MR) is 105 cm³/mol. The van der Waals surface area contributed by atoms with Gasteiger partial charge in [-0.25, -0.2) is 0 Å². The Morgan fingerprint density at radius 1 is 1.00 bits per heavy atom. The molecule has 28 heavy (non-hydrogen) atoms. The Morgan fingerprint density at radius 3 is 2.18 bits per heavy atom. The molecule has 4 fully saturated rings. The Hall–Kier alpha value is -1.95. The van der Waals surface area contributed by atoms with Crippen molar-refractivity contribution in [2.24, 2.45) is 29.6 Å². The van der Waals surface area contributed by atoms with Crippen LogP contribution in [0.2, 0.25) is 5.02 Å². The molecule has 1 amide bonds. The van der Waals surface area contributed by atoms with E-state index in [9.17, 15) is 9.59 Å². The third-order valence-electron chi connectivity index (χ3n) is 6.59. The zero-order valence-corrected chi connectivity index (χ0v) is 17.0.